The second-order valence-corrected chi connectivity index (χ2v) is 11.8. The molecule has 0 aromatic heterocycles. The lowest BCUT2D eigenvalue weighted by molar-refractivity contribution is -0.387. The van der Waals surface area contributed by atoms with Crippen LogP contribution in [0.4, 0.5) is 17.1 Å². The molecule has 4 aromatic rings. The zero-order chi connectivity index (χ0) is 28.0. The van der Waals surface area contributed by atoms with Crippen molar-refractivity contribution in [3.63, 3.8) is 0 Å². The number of fused-ring (bicyclic) bond motifs is 4. The normalized spacial score (nSPS) is 23.2. The average molecular weight is 576 g/mol. The van der Waals surface area contributed by atoms with Crippen molar-refractivity contribution in [1.29, 1.82) is 0 Å². The highest BCUT2D eigenvalue weighted by Gasteiger charge is 2.52. The molecular weight excluding hydrogens is 550 g/mol. The van der Waals surface area contributed by atoms with E-state index in [2.05, 4.69) is 29.6 Å². The van der Waals surface area contributed by atoms with Crippen LogP contribution in [0.5, 0.6) is 5.75 Å². The van der Waals surface area contributed by atoms with E-state index in [-0.39, 0.29) is 44.3 Å². The molecule has 40 heavy (non-hydrogen) atoms. The van der Waals surface area contributed by atoms with Crippen LogP contribution in [-0.4, -0.2) is 27.1 Å². The fourth-order valence-electron chi connectivity index (χ4n) is 6.27. The van der Waals surface area contributed by atoms with Gasteiger partial charge in [-0.05, 0) is 53.3 Å². The first-order chi connectivity index (χ1) is 19.4. The maximum Gasteiger partial charge on any atom is 0.296 e. The summed E-state index contributed by atoms with van der Waals surface area (Å²) in [6.45, 7) is 2.21. The standard InChI is InChI=1S/C30H26ClN3O5S/c1-2-39-18-14-21-27-22(16-26(28(27)31)40-25-13-6-5-12-23(25)33(35)36)29(32-30(21)24(15-18)34(37)38)20-11-7-9-17-8-3-4-10-19(17)20/h3-15,22,26-29,32H,2,16H2,1H3. The molecule has 8 nitrogen and oxygen atoms in total. The van der Waals surface area contributed by atoms with E-state index in [0.717, 1.165) is 21.9 Å². The maximum atomic E-state index is 12.3. The first-order valence-electron chi connectivity index (χ1n) is 13.1. The van der Waals surface area contributed by atoms with Crippen LogP contribution in [0.2, 0.25) is 0 Å². The van der Waals surface area contributed by atoms with Gasteiger partial charge in [0.15, 0.2) is 0 Å². The molecule has 1 aliphatic heterocycles. The molecule has 1 heterocycles. The van der Waals surface area contributed by atoms with Crippen LogP contribution in [0.3, 0.4) is 0 Å². The number of hydrogen-bond acceptors (Lipinski definition) is 7. The number of para-hydroxylation sites is 1. The quantitative estimate of drug-likeness (QED) is 0.135. The van der Waals surface area contributed by atoms with Gasteiger partial charge in [0.25, 0.3) is 11.4 Å². The van der Waals surface area contributed by atoms with Crippen LogP contribution in [0.25, 0.3) is 10.8 Å². The zero-order valence-corrected chi connectivity index (χ0v) is 23.1. The fraction of sp³-hybridized carbons (Fsp3) is 0.267. The second-order valence-electron chi connectivity index (χ2n) is 10.0. The van der Waals surface area contributed by atoms with Crippen LogP contribution in [0.15, 0.2) is 83.8 Å². The summed E-state index contributed by atoms with van der Waals surface area (Å²) >= 11 is 8.68. The molecule has 1 fully saturated rings. The Bertz CT molecular complexity index is 1630. The molecular formula is C30H26ClN3O5S. The molecule has 5 atom stereocenters. The summed E-state index contributed by atoms with van der Waals surface area (Å²) in [5, 5.41) is 29.1. The lowest BCUT2D eigenvalue weighted by atomic mass is 9.76. The number of nitro groups is 2. The summed E-state index contributed by atoms with van der Waals surface area (Å²) < 4.78 is 5.72. The van der Waals surface area contributed by atoms with Crippen LogP contribution in [0, 0.1) is 26.1 Å². The molecule has 204 valence electrons. The fourth-order valence-corrected chi connectivity index (χ4v) is 8.21. The number of nitrogens with one attached hydrogen (secondary N) is 1. The first-order valence-corrected chi connectivity index (χ1v) is 14.4. The van der Waals surface area contributed by atoms with Gasteiger partial charge in [-0.2, -0.15) is 0 Å². The minimum atomic E-state index is -0.426. The number of ether oxygens (including phenoxy) is 1. The van der Waals surface area contributed by atoms with Gasteiger partial charge in [-0.3, -0.25) is 20.2 Å². The predicted octanol–water partition coefficient (Wildman–Crippen LogP) is 8.09. The number of hydrogen-bond donors (Lipinski definition) is 1. The Morgan fingerprint density at radius 1 is 0.950 bits per heavy atom. The summed E-state index contributed by atoms with van der Waals surface area (Å²) in [5.41, 5.74) is 2.24. The Hall–Kier alpha value is -3.82. The lowest BCUT2D eigenvalue weighted by Gasteiger charge is -2.38. The number of benzene rings is 4. The van der Waals surface area contributed by atoms with Gasteiger partial charge in [-0.25, -0.2) is 0 Å². The average Bonchev–Trinajstić information content (AvgIpc) is 3.28. The van der Waals surface area contributed by atoms with Crippen LogP contribution >= 0.6 is 23.4 Å². The number of rotatable bonds is 7. The molecule has 2 aliphatic rings. The molecule has 0 spiro atoms. The monoisotopic (exact) mass is 575 g/mol. The summed E-state index contributed by atoms with van der Waals surface area (Å²) in [6.07, 6.45) is 0.669. The van der Waals surface area contributed by atoms with Crippen LogP contribution < -0.4 is 10.1 Å². The van der Waals surface area contributed by atoms with E-state index in [1.165, 1.54) is 23.9 Å². The molecule has 1 N–H and O–H groups in total. The van der Waals surface area contributed by atoms with E-state index in [1.54, 1.807) is 18.2 Å². The smallest absolute Gasteiger partial charge is 0.296 e. The predicted molar refractivity (Wildman–Crippen MR) is 158 cm³/mol. The van der Waals surface area contributed by atoms with E-state index in [9.17, 15) is 20.2 Å². The van der Waals surface area contributed by atoms with Gasteiger partial charge >= 0.3 is 0 Å². The minimum absolute atomic E-state index is 0.0162. The summed E-state index contributed by atoms with van der Waals surface area (Å²) in [5.74, 6) is 0.176. The number of alkyl halides is 1. The van der Waals surface area contributed by atoms with Crippen molar-refractivity contribution in [1.82, 2.24) is 0 Å². The Morgan fingerprint density at radius 3 is 2.45 bits per heavy atom. The highest BCUT2D eigenvalue weighted by molar-refractivity contribution is 8.00. The van der Waals surface area contributed by atoms with E-state index in [4.69, 9.17) is 16.3 Å². The van der Waals surface area contributed by atoms with Gasteiger partial charge in [0.05, 0.1) is 38.8 Å². The molecule has 6 rings (SSSR count). The van der Waals surface area contributed by atoms with E-state index in [0.29, 0.717) is 29.4 Å². The third-order valence-electron chi connectivity index (χ3n) is 7.88. The zero-order valence-electron chi connectivity index (χ0n) is 21.5. The Morgan fingerprint density at radius 2 is 1.68 bits per heavy atom. The number of anilines is 1. The van der Waals surface area contributed by atoms with Crippen LogP contribution in [-0.2, 0) is 0 Å². The first kappa shape index (κ1) is 26.4. The third-order valence-corrected chi connectivity index (χ3v) is 9.99. The van der Waals surface area contributed by atoms with Crippen molar-refractivity contribution < 1.29 is 14.6 Å². The van der Waals surface area contributed by atoms with E-state index < -0.39 is 5.38 Å². The van der Waals surface area contributed by atoms with Crippen molar-refractivity contribution in [2.75, 3.05) is 11.9 Å². The van der Waals surface area contributed by atoms with Crippen molar-refractivity contribution in [2.24, 2.45) is 5.92 Å². The lowest BCUT2D eigenvalue weighted by Crippen LogP contribution is -2.31. The van der Waals surface area contributed by atoms with Gasteiger partial charge in [0.2, 0.25) is 0 Å². The highest BCUT2D eigenvalue weighted by Crippen LogP contribution is 2.60. The Labute approximate surface area is 240 Å². The van der Waals surface area contributed by atoms with Gasteiger partial charge in [0, 0.05) is 17.2 Å². The van der Waals surface area contributed by atoms with Crippen molar-refractivity contribution in [3.05, 3.63) is 110 Å². The Balaban J connectivity index is 1.50. The minimum Gasteiger partial charge on any atom is -0.494 e. The van der Waals surface area contributed by atoms with Gasteiger partial charge < -0.3 is 10.1 Å². The van der Waals surface area contributed by atoms with Crippen molar-refractivity contribution >= 4 is 51.2 Å². The molecule has 0 saturated heterocycles. The van der Waals surface area contributed by atoms with Gasteiger partial charge in [-0.15, -0.1) is 23.4 Å². The van der Waals surface area contributed by atoms with Gasteiger partial charge in [-0.1, -0.05) is 54.6 Å². The highest BCUT2D eigenvalue weighted by atomic mass is 35.5. The summed E-state index contributed by atoms with van der Waals surface area (Å²) in [7, 11) is 0. The molecule has 5 unspecified atom stereocenters. The maximum absolute atomic E-state index is 12.3. The van der Waals surface area contributed by atoms with Crippen LogP contribution in [0.1, 0.15) is 36.4 Å². The second kappa shape index (κ2) is 10.6. The number of thioether (sulfide) groups is 1. The van der Waals surface area contributed by atoms with E-state index in [1.807, 2.05) is 31.2 Å². The van der Waals surface area contributed by atoms with E-state index >= 15 is 0 Å². The molecule has 4 aromatic carbocycles. The molecule has 0 radical (unpaired) electrons. The summed E-state index contributed by atoms with van der Waals surface area (Å²) in [4.78, 5) is 23.8. The van der Waals surface area contributed by atoms with Gasteiger partial charge in [0.1, 0.15) is 11.4 Å². The molecule has 1 saturated carbocycles. The van der Waals surface area contributed by atoms with Crippen molar-refractivity contribution in [3.8, 4) is 5.75 Å². The summed E-state index contributed by atoms with van der Waals surface area (Å²) in [6, 6.07) is 24.0. The number of nitro benzene ring substituents is 2. The molecule has 1 aliphatic carbocycles. The third kappa shape index (κ3) is 4.53. The SMILES string of the molecule is CCOc1cc2c(c([N+](=O)[O-])c1)NC(c1cccc3ccccc13)C1CC(Sc3ccccc3[N+](=O)[O-])C(Cl)C21. The topological polar surface area (TPSA) is 108 Å². The van der Waals surface area contributed by atoms with Crippen molar-refractivity contribution in [2.45, 2.75) is 40.8 Å². The number of halogens is 1. The number of nitrogens with zero attached hydrogens (tertiary/aromatic N) is 2. The molecule has 0 amide bonds. The largest absolute Gasteiger partial charge is 0.494 e. The Kier molecular flexibility index (Phi) is 7.02. The molecule has 0 bridgehead atoms. The molecule has 10 heteroatoms.